The maximum absolute atomic E-state index is 13.0. The van der Waals surface area contributed by atoms with Crippen molar-refractivity contribution in [3.05, 3.63) is 93.0 Å². The number of aromatic amines is 1. The first-order chi connectivity index (χ1) is 15.4. The predicted molar refractivity (Wildman–Crippen MR) is 124 cm³/mol. The number of amides is 2. The highest BCUT2D eigenvalue weighted by Gasteiger charge is 2.14. The lowest BCUT2D eigenvalue weighted by Crippen LogP contribution is -2.21. The monoisotopic (exact) mass is 446 g/mol. The number of fused-ring (bicyclic) bond motifs is 1. The summed E-state index contributed by atoms with van der Waals surface area (Å²) in [7, 11) is 1.45. The van der Waals surface area contributed by atoms with E-state index in [4.69, 9.17) is 22.7 Å². The van der Waals surface area contributed by atoms with Crippen LogP contribution in [0.4, 0.5) is 5.69 Å². The van der Waals surface area contributed by atoms with Crippen molar-refractivity contribution >= 4 is 40.6 Å². The molecule has 9 heteroatoms. The molecule has 4 rings (SSSR count). The zero-order valence-corrected chi connectivity index (χ0v) is 17.7. The van der Waals surface area contributed by atoms with Crippen molar-refractivity contribution in [3.8, 4) is 11.4 Å². The number of carbonyl (C=O) groups is 2. The number of anilines is 1. The fourth-order valence-corrected chi connectivity index (χ4v) is 3.62. The smallest absolute Gasteiger partial charge is 0.266 e. The molecule has 32 heavy (non-hydrogen) atoms. The molecule has 0 saturated carbocycles. The zero-order valence-electron chi connectivity index (χ0n) is 16.9. The number of hydrogen-bond acceptors (Lipinski definition) is 5. The van der Waals surface area contributed by atoms with Gasteiger partial charge in [-0.3, -0.25) is 19.0 Å². The minimum Gasteiger partial charge on any atom is -0.495 e. The first kappa shape index (κ1) is 21.0. The van der Waals surface area contributed by atoms with Crippen molar-refractivity contribution < 1.29 is 14.3 Å². The maximum Gasteiger partial charge on any atom is 0.266 e. The minimum atomic E-state index is -0.629. The van der Waals surface area contributed by atoms with Gasteiger partial charge in [0.15, 0.2) is 4.77 Å². The molecule has 4 N–H and O–H groups in total. The number of nitrogens with one attached hydrogen (secondary N) is 2. The lowest BCUT2D eigenvalue weighted by atomic mass is 10.1. The van der Waals surface area contributed by atoms with E-state index in [1.54, 1.807) is 30.3 Å². The van der Waals surface area contributed by atoms with Crippen LogP contribution in [0, 0.1) is 4.77 Å². The largest absolute Gasteiger partial charge is 0.495 e. The Morgan fingerprint density at radius 1 is 1.03 bits per heavy atom. The van der Waals surface area contributed by atoms with Gasteiger partial charge in [-0.25, -0.2) is 0 Å². The summed E-state index contributed by atoms with van der Waals surface area (Å²) < 4.78 is 6.85. The van der Waals surface area contributed by atoms with Crippen LogP contribution in [-0.2, 0) is 0 Å². The van der Waals surface area contributed by atoms with Crippen LogP contribution in [0.15, 0.2) is 71.5 Å². The molecule has 1 heterocycles. The molecule has 0 aliphatic rings. The fraction of sp³-hybridized carbons (Fsp3) is 0.0435. The molecule has 2 amide bonds. The van der Waals surface area contributed by atoms with Gasteiger partial charge < -0.3 is 20.8 Å². The number of nitrogens with two attached hydrogens (primary N) is 1. The van der Waals surface area contributed by atoms with Crippen LogP contribution in [-0.4, -0.2) is 28.5 Å². The number of aromatic nitrogens is 2. The van der Waals surface area contributed by atoms with Crippen LogP contribution < -0.4 is 21.3 Å². The second-order valence-corrected chi connectivity index (χ2v) is 7.29. The summed E-state index contributed by atoms with van der Waals surface area (Å²) in [5, 5.41) is 3.09. The number of rotatable bonds is 5. The summed E-state index contributed by atoms with van der Waals surface area (Å²) in [4.78, 5) is 40.4. The Bertz CT molecular complexity index is 1480. The molecule has 0 saturated heterocycles. The van der Waals surface area contributed by atoms with Gasteiger partial charge in [0.1, 0.15) is 5.75 Å². The third kappa shape index (κ3) is 3.88. The van der Waals surface area contributed by atoms with Crippen LogP contribution in [0.1, 0.15) is 20.7 Å². The molecular formula is C23H18N4O4S. The van der Waals surface area contributed by atoms with Crippen LogP contribution in [0.3, 0.4) is 0 Å². The van der Waals surface area contributed by atoms with Gasteiger partial charge >= 0.3 is 0 Å². The predicted octanol–water partition coefficient (Wildman–Crippen LogP) is 3.41. The van der Waals surface area contributed by atoms with E-state index in [2.05, 4.69) is 10.3 Å². The van der Waals surface area contributed by atoms with E-state index in [0.717, 1.165) is 0 Å². The average molecular weight is 446 g/mol. The van der Waals surface area contributed by atoms with E-state index < -0.39 is 11.8 Å². The Morgan fingerprint density at radius 2 is 1.75 bits per heavy atom. The van der Waals surface area contributed by atoms with Crippen molar-refractivity contribution in [2.24, 2.45) is 5.73 Å². The second-order valence-electron chi connectivity index (χ2n) is 6.90. The molecule has 0 bridgehead atoms. The SMILES string of the molecule is COc1ccc(C(N)=O)cc1NC(=O)c1ccc2c(=O)n(-c3ccccc3)c(=S)[nH]c2c1. The third-order valence-electron chi connectivity index (χ3n) is 4.91. The second kappa shape index (κ2) is 8.48. The van der Waals surface area contributed by atoms with Gasteiger partial charge in [-0.2, -0.15) is 0 Å². The molecule has 0 fully saturated rings. The van der Waals surface area contributed by atoms with Crippen molar-refractivity contribution in [1.29, 1.82) is 0 Å². The highest BCUT2D eigenvalue weighted by atomic mass is 32.1. The number of benzene rings is 3. The molecule has 0 aliphatic heterocycles. The Labute approximate surface area is 187 Å². The molecule has 0 atom stereocenters. The van der Waals surface area contributed by atoms with Gasteiger partial charge in [-0.05, 0) is 60.7 Å². The van der Waals surface area contributed by atoms with E-state index in [9.17, 15) is 14.4 Å². The number of primary amides is 1. The van der Waals surface area contributed by atoms with Crippen molar-refractivity contribution in [1.82, 2.24) is 9.55 Å². The van der Waals surface area contributed by atoms with Gasteiger partial charge in [0, 0.05) is 11.1 Å². The fourth-order valence-electron chi connectivity index (χ4n) is 3.32. The highest BCUT2D eigenvalue weighted by Crippen LogP contribution is 2.26. The molecule has 160 valence electrons. The Kier molecular flexibility index (Phi) is 5.57. The number of hydrogen-bond donors (Lipinski definition) is 3. The number of methoxy groups -OCH3 is 1. The van der Waals surface area contributed by atoms with Crippen LogP contribution >= 0.6 is 12.2 Å². The van der Waals surface area contributed by atoms with Crippen molar-refractivity contribution in [2.45, 2.75) is 0 Å². The zero-order chi connectivity index (χ0) is 22.8. The van der Waals surface area contributed by atoms with E-state index in [0.29, 0.717) is 28.0 Å². The van der Waals surface area contributed by atoms with Gasteiger partial charge in [0.05, 0.1) is 29.4 Å². The lowest BCUT2D eigenvalue weighted by molar-refractivity contribution is 0.0996. The van der Waals surface area contributed by atoms with E-state index >= 15 is 0 Å². The van der Waals surface area contributed by atoms with E-state index in [-0.39, 0.29) is 21.5 Å². The highest BCUT2D eigenvalue weighted by molar-refractivity contribution is 7.71. The summed E-state index contributed by atoms with van der Waals surface area (Å²) in [5.41, 5.74) is 6.90. The Hall–Kier alpha value is -4.24. The van der Waals surface area contributed by atoms with Gasteiger partial charge in [-0.15, -0.1) is 0 Å². The summed E-state index contributed by atoms with van der Waals surface area (Å²) in [5.74, 6) is -0.719. The van der Waals surface area contributed by atoms with Gasteiger partial charge in [0.2, 0.25) is 5.91 Å². The summed E-state index contributed by atoms with van der Waals surface area (Å²) in [6, 6.07) is 18.2. The van der Waals surface area contributed by atoms with Crippen molar-refractivity contribution in [2.75, 3.05) is 12.4 Å². The quantitative estimate of drug-likeness (QED) is 0.406. The maximum atomic E-state index is 13.0. The summed E-state index contributed by atoms with van der Waals surface area (Å²) in [6.45, 7) is 0. The van der Waals surface area contributed by atoms with Crippen LogP contribution in [0.5, 0.6) is 5.75 Å². The van der Waals surface area contributed by atoms with Crippen LogP contribution in [0.2, 0.25) is 0 Å². The van der Waals surface area contributed by atoms with Crippen molar-refractivity contribution in [3.63, 3.8) is 0 Å². The summed E-state index contributed by atoms with van der Waals surface area (Å²) >= 11 is 5.38. The van der Waals surface area contributed by atoms with Gasteiger partial charge in [0.25, 0.3) is 11.5 Å². The van der Waals surface area contributed by atoms with Gasteiger partial charge in [-0.1, -0.05) is 18.2 Å². The summed E-state index contributed by atoms with van der Waals surface area (Å²) in [6.07, 6.45) is 0. The Balaban J connectivity index is 1.73. The normalized spacial score (nSPS) is 10.7. The lowest BCUT2D eigenvalue weighted by Gasteiger charge is -2.12. The Morgan fingerprint density at radius 3 is 2.44 bits per heavy atom. The van der Waals surface area contributed by atoms with E-state index in [1.807, 2.05) is 18.2 Å². The van der Waals surface area contributed by atoms with E-state index in [1.165, 1.54) is 29.9 Å². The molecule has 1 aromatic heterocycles. The number of nitrogens with zero attached hydrogens (tertiary/aromatic N) is 1. The molecule has 4 aromatic rings. The first-order valence-electron chi connectivity index (χ1n) is 9.53. The number of para-hydroxylation sites is 1. The first-order valence-corrected chi connectivity index (χ1v) is 9.93. The topological polar surface area (TPSA) is 119 Å². The number of H-pyrrole nitrogens is 1. The number of ether oxygens (including phenoxy) is 1. The molecule has 0 spiro atoms. The van der Waals surface area contributed by atoms with Crippen LogP contribution in [0.25, 0.3) is 16.6 Å². The molecule has 3 aromatic carbocycles. The molecule has 0 radical (unpaired) electrons. The molecular weight excluding hydrogens is 428 g/mol. The standard InChI is InChI=1S/C23H18N4O4S/c1-31-19-10-8-13(20(24)28)11-18(19)25-21(29)14-7-9-16-17(12-14)26-23(32)27(22(16)30)15-5-3-2-4-6-15/h2-12H,1H3,(H2,24,28)(H,25,29)(H,26,32). The molecule has 8 nitrogen and oxygen atoms in total. The third-order valence-corrected chi connectivity index (χ3v) is 5.19. The average Bonchev–Trinajstić information content (AvgIpc) is 2.79. The molecule has 0 aliphatic carbocycles. The minimum absolute atomic E-state index is 0.210. The molecule has 0 unspecified atom stereocenters. The number of carbonyl (C=O) groups excluding carboxylic acids is 2.